The van der Waals surface area contributed by atoms with Crippen molar-refractivity contribution in [1.82, 2.24) is 14.8 Å². The molecule has 0 radical (unpaired) electrons. The van der Waals surface area contributed by atoms with Gasteiger partial charge in [0.15, 0.2) is 17.1 Å². The minimum Gasteiger partial charge on any atom is -0.483 e. The van der Waals surface area contributed by atoms with E-state index in [-0.39, 0.29) is 11.9 Å². The smallest absolute Gasteiger partial charge is 0.191 e. The first-order chi connectivity index (χ1) is 13.0. The van der Waals surface area contributed by atoms with E-state index < -0.39 is 0 Å². The van der Waals surface area contributed by atoms with Crippen LogP contribution in [0.4, 0.5) is 4.39 Å². The van der Waals surface area contributed by atoms with E-state index >= 15 is 0 Å². The lowest BCUT2D eigenvalue weighted by molar-refractivity contribution is 0.210. The van der Waals surface area contributed by atoms with Gasteiger partial charge in [0.1, 0.15) is 11.6 Å². The number of aromatic nitrogens is 3. The van der Waals surface area contributed by atoms with E-state index in [0.29, 0.717) is 10.8 Å². The zero-order valence-electron chi connectivity index (χ0n) is 15.4. The lowest BCUT2D eigenvalue weighted by Gasteiger charge is -2.15. The van der Waals surface area contributed by atoms with Gasteiger partial charge >= 0.3 is 0 Å². The van der Waals surface area contributed by atoms with E-state index in [1.807, 2.05) is 49.6 Å². The summed E-state index contributed by atoms with van der Waals surface area (Å²) in [6, 6.07) is 12.4. The number of halogens is 2. The van der Waals surface area contributed by atoms with Gasteiger partial charge in [-0.15, -0.1) is 10.2 Å². The van der Waals surface area contributed by atoms with Crippen molar-refractivity contribution in [2.45, 2.75) is 44.3 Å². The molecule has 3 aromatic rings. The molecule has 1 aromatic heterocycles. The third kappa shape index (κ3) is 4.82. The van der Waals surface area contributed by atoms with Crippen LogP contribution in [-0.4, -0.2) is 14.8 Å². The number of thioether (sulfide) groups is 1. The number of aryl methyl sites for hydroxylation is 1. The molecule has 0 saturated heterocycles. The number of rotatable bonds is 7. The van der Waals surface area contributed by atoms with Crippen molar-refractivity contribution in [3.05, 3.63) is 70.3 Å². The molecular weight excluding hydrogens is 385 g/mol. The maximum Gasteiger partial charge on any atom is 0.191 e. The zero-order chi connectivity index (χ0) is 19.4. The Morgan fingerprint density at radius 2 is 1.93 bits per heavy atom. The Morgan fingerprint density at radius 3 is 2.59 bits per heavy atom. The third-order valence-electron chi connectivity index (χ3n) is 4.13. The summed E-state index contributed by atoms with van der Waals surface area (Å²) in [4.78, 5) is 0. The summed E-state index contributed by atoms with van der Waals surface area (Å²) >= 11 is 7.63. The summed E-state index contributed by atoms with van der Waals surface area (Å²) in [5.41, 5.74) is 2.05. The number of benzene rings is 2. The van der Waals surface area contributed by atoms with E-state index in [9.17, 15) is 4.39 Å². The zero-order valence-corrected chi connectivity index (χ0v) is 17.0. The van der Waals surface area contributed by atoms with Gasteiger partial charge in [0, 0.05) is 17.3 Å². The van der Waals surface area contributed by atoms with Crippen LogP contribution in [0.25, 0.3) is 0 Å². The molecule has 0 bridgehead atoms. The van der Waals surface area contributed by atoms with Gasteiger partial charge in [-0.1, -0.05) is 47.1 Å². The van der Waals surface area contributed by atoms with Crippen molar-refractivity contribution in [2.75, 3.05) is 0 Å². The lowest BCUT2D eigenvalue weighted by Crippen LogP contribution is -2.12. The summed E-state index contributed by atoms with van der Waals surface area (Å²) in [7, 11) is 0. The Balaban J connectivity index is 1.72. The summed E-state index contributed by atoms with van der Waals surface area (Å²) in [6.07, 6.45) is -0.232. The highest BCUT2D eigenvalue weighted by molar-refractivity contribution is 7.98. The highest BCUT2D eigenvalue weighted by Crippen LogP contribution is 2.29. The van der Waals surface area contributed by atoms with Gasteiger partial charge < -0.3 is 9.30 Å². The van der Waals surface area contributed by atoms with Crippen LogP contribution in [0.3, 0.4) is 0 Å². The van der Waals surface area contributed by atoms with Crippen molar-refractivity contribution >= 4 is 23.4 Å². The monoisotopic (exact) mass is 405 g/mol. The Bertz CT molecular complexity index is 914. The highest BCUT2D eigenvalue weighted by Gasteiger charge is 2.19. The van der Waals surface area contributed by atoms with Crippen LogP contribution in [0.15, 0.2) is 47.6 Å². The minimum absolute atomic E-state index is 0.232. The number of hydrogen-bond acceptors (Lipinski definition) is 4. The molecule has 1 heterocycles. The van der Waals surface area contributed by atoms with Gasteiger partial charge in [-0.3, -0.25) is 0 Å². The van der Waals surface area contributed by atoms with Gasteiger partial charge in [-0.25, -0.2) is 4.39 Å². The molecule has 2 aromatic carbocycles. The van der Waals surface area contributed by atoms with E-state index in [4.69, 9.17) is 16.3 Å². The van der Waals surface area contributed by atoms with Crippen LogP contribution in [0.5, 0.6) is 5.75 Å². The fraction of sp³-hybridized carbons (Fsp3) is 0.300. The number of nitrogens with zero attached hydrogens (tertiary/aromatic N) is 3. The lowest BCUT2D eigenvalue weighted by atomic mass is 10.2. The Labute approximate surface area is 167 Å². The first-order valence-corrected chi connectivity index (χ1v) is 10.1. The summed E-state index contributed by atoms with van der Waals surface area (Å²) < 4.78 is 21.2. The van der Waals surface area contributed by atoms with Crippen LogP contribution in [0.2, 0.25) is 5.02 Å². The average molecular weight is 406 g/mol. The molecule has 7 heteroatoms. The SMILES string of the molecule is CCn1c(SCc2ccc(F)cc2Cl)nnc1C(C)Oc1ccc(C)cc1. The second-order valence-corrected chi connectivity index (χ2v) is 7.53. The maximum absolute atomic E-state index is 13.2. The molecular formula is C20H21ClFN3OS. The Kier molecular flexibility index (Phi) is 6.39. The van der Waals surface area contributed by atoms with Crippen LogP contribution >= 0.6 is 23.4 Å². The molecule has 0 aliphatic heterocycles. The van der Waals surface area contributed by atoms with Gasteiger partial charge in [0.2, 0.25) is 0 Å². The molecule has 1 atom stereocenters. The number of hydrogen-bond donors (Lipinski definition) is 0. The molecule has 0 amide bonds. The first-order valence-electron chi connectivity index (χ1n) is 8.71. The molecule has 0 aliphatic rings. The summed E-state index contributed by atoms with van der Waals surface area (Å²) in [5.74, 6) is 1.82. The molecule has 142 valence electrons. The third-order valence-corrected chi connectivity index (χ3v) is 5.50. The Morgan fingerprint density at radius 1 is 1.19 bits per heavy atom. The van der Waals surface area contributed by atoms with E-state index in [0.717, 1.165) is 28.8 Å². The fourth-order valence-corrected chi connectivity index (χ4v) is 3.99. The Hall–Kier alpha value is -2.05. The van der Waals surface area contributed by atoms with Crippen molar-refractivity contribution in [2.24, 2.45) is 0 Å². The predicted octanol–water partition coefficient (Wildman–Crippen LogP) is 5.83. The van der Waals surface area contributed by atoms with Crippen LogP contribution < -0.4 is 4.74 Å². The molecule has 0 spiro atoms. The molecule has 27 heavy (non-hydrogen) atoms. The molecule has 1 unspecified atom stereocenters. The second kappa shape index (κ2) is 8.76. The molecule has 0 N–H and O–H groups in total. The number of ether oxygens (including phenoxy) is 1. The largest absolute Gasteiger partial charge is 0.483 e. The fourth-order valence-electron chi connectivity index (χ4n) is 2.66. The summed E-state index contributed by atoms with van der Waals surface area (Å²) in [6.45, 7) is 6.77. The van der Waals surface area contributed by atoms with Crippen molar-refractivity contribution < 1.29 is 9.13 Å². The molecule has 0 fully saturated rings. The van der Waals surface area contributed by atoms with Gasteiger partial charge in [0.05, 0.1) is 0 Å². The highest BCUT2D eigenvalue weighted by atomic mass is 35.5. The predicted molar refractivity (Wildman–Crippen MR) is 107 cm³/mol. The van der Waals surface area contributed by atoms with Crippen molar-refractivity contribution in [3.63, 3.8) is 0 Å². The topological polar surface area (TPSA) is 39.9 Å². The van der Waals surface area contributed by atoms with Crippen LogP contribution in [0.1, 0.15) is 36.9 Å². The van der Waals surface area contributed by atoms with Crippen molar-refractivity contribution in [1.29, 1.82) is 0 Å². The normalized spacial score (nSPS) is 12.2. The maximum atomic E-state index is 13.2. The molecule has 0 aliphatic carbocycles. The van der Waals surface area contributed by atoms with Crippen LogP contribution in [0, 0.1) is 12.7 Å². The molecule has 3 rings (SSSR count). The van der Waals surface area contributed by atoms with E-state index in [1.54, 1.807) is 6.07 Å². The summed E-state index contributed by atoms with van der Waals surface area (Å²) in [5, 5.41) is 9.83. The quantitative estimate of drug-likeness (QED) is 0.463. The van der Waals surface area contributed by atoms with E-state index in [2.05, 4.69) is 10.2 Å². The first kappa shape index (κ1) is 19.7. The minimum atomic E-state index is -0.338. The average Bonchev–Trinajstić information content (AvgIpc) is 3.06. The van der Waals surface area contributed by atoms with E-state index in [1.165, 1.54) is 29.5 Å². The van der Waals surface area contributed by atoms with Crippen molar-refractivity contribution in [3.8, 4) is 5.75 Å². The van der Waals surface area contributed by atoms with Crippen LogP contribution in [-0.2, 0) is 12.3 Å². The second-order valence-electron chi connectivity index (χ2n) is 6.18. The molecule has 0 saturated carbocycles. The van der Waals surface area contributed by atoms with Gasteiger partial charge in [-0.2, -0.15) is 0 Å². The van der Waals surface area contributed by atoms with Gasteiger partial charge in [0.25, 0.3) is 0 Å². The standard InChI is InChI=1S/C20H21ClFN3OS/c1-4-25-19(14(3)26-17-9-5-13(2)6-10-17)23-24-20(25)27-12-15-7-8-16(22)11-18(15)21/h5-11,14H,4,12H2,1-3H3. The van der Waals surface area contributed by atoms with Gasteiger partial charge in [-0.05, 0) is 50.6 Å². The molecule has 4 nitrogen and oxygen atoms in total.